The summed E-state index contributed by atoms with van der Waals surface area (Å²) in [6, 6.07) is 94.8. The first-order valence-electron chi connectivity index (χ1n) is 21.6. The van der Waals surface area contributed by atoms with E-state index in [0.29, 0.717) is 0 Å². The molecule has 11 aromatic carbocycles. The van der Waals surface area contributed by atoms with Crippen LogP contribution < -0.4 is 4.90 Å². The SMILES string of the molecule is c1ccc(-c2ccc(-c3ccc(N(c4ccc(-c5cccc(-c6ccccc6)c5)cc4)c4cc(-c5ccc6ccccc6c5)ccc4-c4ccc5ccccc5c4)cc3)cc2)cc1. The Bertz CT molecular complexity index is 3350. The van der Waals surface area contributed by atoms with Crippen LogP contribution >= 0.6 is 0 Å². The van der Waals surface area contributed by atoms with E-state index in [1.54, 1.807) is 0 Å². The minimum atomic E-state index is 1.08. The first-order valence-corrected chi connectivity index (χ1v) is 21.6. The number of anilines is 3. The number of fused-ring (bicyclic) bond motifs is 2. The average molecular weight is 802 g/mol. The van der Waals surface area contributed by atoms with Crippen LogP contribution in [0.3, 0.4) is 0 Å². The van der Waals surface area contributed by atoms with Crippen LogP contribution in [0.2, 0.25) is 0 Å². The molecular weight excluding hydrogens is 759 g/mol. The molecule has 0 aliphatic carbocycles. The van der Waals surface area contributed by atoms with Crippen LogP contribution in [0.25, 0.3) is 88.3 Å². The quantitative estimate of drug-likeness (QED) is 0.141. The molecule has 0 heterocycles. The molecule has 0 N–H and O–H groups in total. The zero-order chi connectivity index (χ0) is 42.0. The molecule has 0 saturated heterocycles. The normalized spacial score (nSPS) is 11.2. The van der Waals surface area contributed by atoms with Crippen molar-refractivity contribution in [3.63, 3.8) is 0 Å². The Morgan fingerprint density at radius 3 is 1.06 bits per heavy atom. The lowest BCUT2D eigenvalue weighted by Crippen LogP contribution is -2.11. The Balaban J connectivity index is 1.06. The summed E-state index contributed by atoms with van der Waals surface area (Å²) in [5.74, 6) is 0. The number of rotatable bonds is 9. The van der Waals surface area contributed by atoms with Gasteiger partial charge in [-0.15, -0.1) is 0 Å². The van der Waals surface area contributed by atoms with Gasteiger partial charge in [-0.1, -0.05) is 212 Å². The molecule has 0 aliphatic rings. The molecular formula is C62H43N. The van der Waals surface area contributed by atoms with E-state index in [0.717, 1.165) is 28.2 Å². The van der Waals surface area contributed by atoms with E-state index in [9.17, 15) is 0 Å². The van der Waals surface area contributed by atoms with Crippen molar-refractivity contribution in [2.75, 3.05) is 4.90 Å². The molecule has 11 aromatic rings. The molecule has 0 spiro atoms. The molecule has 0 atom stereocenters. The second-order valence-electron chi connectivity index (χ2n) is 16.2. The standard InChI is InChI=1S/C62H43N/c1-3-12-44(13-4-1)48-22-24-49(25-23-48)50-30-35-59(36-31-50)63(60-37-32-51(33-38-60)55-21-11-20-54(40-55)45-14-5-2-6-15-45)62-43-57(56-28-26-46-16-7-9-18-52(46)41-56)34-39-61(62)58-29-27-47-17-8-10-19-53(47)42-58/h1-43H. The summed E-state index contributed by atoms with van der Waals surface area (Å²) in [6.07, 6.45) is 0. The van der Waals surface area contributed by atoms with Gasteiger partial charge in [-0.2, -0.15) is 0 Å². The summed E-state index contributed by atoms with van der Waals surface area (Å²) < 4.78 is 0. The first kappa shape index (κ1) is 37.7. The van der Waals surface area contributed by atoms with Crippen LogP contribution in [0, 0.1) is 0 Å². The predicted molar refractivity (Wildman–Crippen MR) is 269 cm³/mol. The van der Waals surface area contributed by atoms with Gasteiger partial charge in [-0.05, 0) is 131 Å². The van der Waals surface area contributed by atoms with Gasteiger partial charge in [0.25, 0.3) is 0 Å². The third kappa shape index (κ3) is 7.69. The van der Waals surface area contributed by atoms with Crippen molar-refractivity contribution < 1.29 is 0 Å². The molecule has 1 nitrogen and oxygen atoms in total. The fourth-order valence-corrected chi connectivity index (χ4v) is 8.89. The molecule has 0 aliphatic heterocycles. The summed E-state index contributed by atoms with van der Waals surface area (Å²) in [5.41, 5.74) is 17.5. The second kappa shape index (κ2) is 16.7. The predicted octanol–water partition coefficient (Wildman–Crippen LogP) is 17.5. The molecule has 0 saturated carbocycles. The van der Waals surface area contributed by atoms with E-state index in [1.165, 1.54) is 77.2 Å². The first-order chi connectivity index (χ1) is 31.2. The maximum Gasteiger partial charge on any atom is 0.0546 e. The van der Waals surface area contributed by atoms with Crippen molar-refractivity contribution in [2.45, 2.75) is 0 Å². The van der Waals surface area contributed by atoms with Gasteiger partial charge < -0.3 is 4.90 Å². The minimum Gasteiger partial charge on any atom is -0.310 e. The van der Waals surface area contributed by atoms with Crippen molar-refractivity contribution >= 4 is 38.6 Å². The molecule has 11 rings (SSSR count). The zero-order valence-electron chi connectivity index (χ0n) is 34.8. The highest BCUT2D eigenvalue weighted by Crippen LogP contribution is 2.45. The lowest BCUT2D eigenvalue weighted by Gasteiger charge is -2.29. The lowest BCUT2D eigenvalue weighted by molar-refractivity contribution is 1.28. The Hall–Kier alpha value is -8.26. The highest BCUT2D eigenvalue weighted by atomic mass is 15.1. The van der Waals surface area contributed by atoms with Crippen LogP contribution in [0.1, 0.15) is 0 Å². The molecule has 0 radical (unpaired) electrons. The number of nitrogens with zero attached hydrogens (tertiary/aromatic N) is 1. The highest BCUT2D eigenvalue weighted by Gasteiger charge is 2.20. The fraction of sp³-hybridized carbons (Fsp3) is 0. The van der Waals surface area contributed by atoms with E-state index in [2.05, 4.69) is 266 Å². The average Bonchev–Trinajstić information content (AvgIpc) is 3.37. The minimum absolute atomic E-state index is 1.08. The van der Waals surface area contributed by atoms with Crippen molar-refractivity contribution in [2.24, 2.45) is 0 Å². The van der Waals surface area contributed by atoms with Crippen LogP contribution in [-0.4, -0.2) is 0 Å². The van der Waals surface area contributed by atoms with Crippen molar-refractivity contribution in [3.8, 4) is 66.8 Å². The van der Waals surface area contributed by atoms with Gasteiger partial charge in [-0.3, -0.25) is 0 Å². The maximum atomic E-state index is 2.43. The maximum absolute atomic E-state index is 2.43. The van der Waals surface area contributed by atoms with E-state index in [4.69, 9.17) is 0 Å². The second-order valence-corrected chi connectivity index (χ2v) is 16.2. The van der Waals surface area contributed by atoms with Gasteiger partial charge in [-0.25, -0.2) is 0 Å². The topological polar surface area (TPSA) is 3.24 Å². The molecule has 63 heavy (non-hydrogen) atoms. The molecule has 0 bridgehead atoms. The fourth-order valence-electron chi connectivity index (χ4n) is 8.89. The van der Waals surface area contributed by atoms with E-state index >= 15 is 0 Å². The van der Waals surface area contributed by atoms with Gasteiger partial charge in [0.2, 0.25) is 0 Å². The molecule has 0 amide bonds. The summed E-state index contributed by atoms with van der Waals surface area (Å²) in [4.78, 5) is 2.43. The van der Waals surface area contributed by atoms with Crippen molar-refractivity contribution in [1.29, 1.82) is 0 Å². The van der Waals surface area contributed by atoms with Gasteiger partial charge in [0, 0.05) is 16.9 Å². The monoisotopic (exact) mass is 801 g/mol. The van der Waals surface area contributed by atoms with Gasteiger partial charge >= 0.3 is 0 Å². The van der Waals surface area contributed by atoms with Crippen molar-refractivity contribution in [1.82, 2.24) is 0 Å². The van der Waals surface area contributed by atoms with Crippen LogP contribution in [0.15, 0.2) is 261 Å². The Kier molecular flexibility index (Phi) is 9.97. The van der Waals surface area contributed by atoms with E-state index < -0.39 is 0 Å². The zero-order valence-corrected chi connectivity index (χ0v) is 34.8. The Morgan fingerprint density at radius 2 is 0.524 bits per heavy atom. The molecule has 0 unspecified atom stereocenters. The van der Waals surface area contributed by atoms with E-state index in [1.807, 2.05) is 0 Å². The van der Waals surface area contributed by atoms with Crippen LogP contribution in [0.5, 0.6) is 0 Å². The summed E-state index contributed by atoms with van der Waals surface area (Å²) in [5, 5.41) is 4.91. The number of benzene rings is 11. The third-order valence-corrected chi connectivity index (χ3v) is 12.3. The molecule has 0 aromatic heterocycles. The van der Waals surface area contributed by atoms with Gasteiger partial charge in [0.1, 0.15) is 0 Å². The summed E-state index contributed by atoms with van der Waals surface area (Å²) >= 11 is 0. The Labute approximate surface area is 369 Å². The molecule has 1 heteroatoms. The van der Waals surface area contributed by atoms with Crippen LogP contribution in [0.4, 0.5) is 17.1 Å². The lowest BCUT2D eigenvalue weighted by atomic mass is 9.94. The highest BCUT2D eigenvalue weighted by molar-refractivity contribution is 5.96. The largest absolute Gasteiger partial charge is 0.310 e. The molecule has 296 valence electrons. The summed E-state index contributed by atoms with van der Waals surface area (Å²) in [6.45, 7) is 0. The van der Waals surface area contributed by atoms with Crippen LogP contribution in [-0.2, 0) is 0 Å². The number of hydrogen-bond acceptors (Lipinski definition) is 1. The smallest absolute Gasteiger partial charge is 0.0546 e. The van der Waals surface area contributed by atoms with Gasteiger partial charge in [0.05, 0.1) is 5.69 Å². The van der Waals surface area contributed by atoms with E-state index in [-0.39, 0.29) is 0 Å². The summed E-state index contributed by atoms with van der Waals surface area (Å²) in [7, 11) is 0. The Morgan fingerprint density at radius 1 is 0.190 bits per heavy atom. The third-order valence-electron chi connectivity index (χ3n) is 12.3. The van der Waals surface area contributed by atoms with Gasteiger partial charge in [0.15, 0.2) is 0 Å². The molecule has 0 fully saturated rings. The number of hydrogen-bond donors (Lipinski definition) is 0. The van der Waals surface area contributed by atoms with Crippen molar-refractivity contribution in [3.05, 3.63) is 261 Å².